The highest BCUT2D eigenvalue weighted by atomic mass is 32.2. The lowest BCUT2D eigenvalue weighted by atomic mass is 10.2. The smallest absolute Gasteiger partial charge is 0.302 e. The van der Waals surface area contributed by atoms with Crippen molar-refractivity contribution >= 4 is 34.7 Å². The van der Waals surface area contributed by atoms with E-state index in [0.29, 0.717) is 23.0 Å². The number of anilines is 1. The number of esters is 1. The van der Waals surface area contributed by atoms with Gasteiger partial charge in [0.1, 0.15) is 12.1 Å². The monoisotopic (exact) mass is 357 g/mol. The zero-order valence-electron chi connectivity index (χ0n) is 14.1. The van der Waals surface area contributed by atoms with Gasteiger partial charge in [-0.15, -0.1) is 0 Å². The fourth-order valence-electron chi connectivity index (χ4n) is 2.34. The molecule has 8 heteroatoms. The Morgan fingerprint density at radius 3 is 2.80 bits per heavy atom. The van der Waals surface area contributed by atoms with E-state index in [-0.39, 0.29) is 12.6 Å². The van der Waals surface area contributed by atoms with Gasteiger partial charge in [0.05, 0.1) is 12.9 Å². The first-order chi connectivity index (χ1) is 12.2. The van der Waals surface area contributed by atoms with Crippen LogP contribution in [-0.2, 0) is 21.8 Å². The molecule has 0 unspecified atom stereocenters. The third-order valence-electron chi connectivity index (χ3n) is 3.53. The molecule has 0 bridgehead atoms. The molecule has 0 aliphatic rings. The summed E-state index contributed by atoms with van der Waals surface area (Å²) in [6, 6.07) is 10.2. The van der Waals surface area contributed by atoms with Gasteiger partial charge in [0.25, 0.3) is 0 Å². The Morgan fingerprint density at radius 1 is 1.28 bits per heavy atom. The zero-order chi connectivity index (χ0) is 17.6. The number of imidazole rings is 1. The molecule has 3 rings (SSSR count). The number of benzene rings is 1. The summed E-state index contributed by atoms with van der Waals surface area (Å²) in [5.41, 5.74) is 2.64. The summed E-state index contributed by atoms with van der Waals surface area (Å²) in [6.07, 6.45) is 1.69. The SMILES string of the molecule is CNc1nc(SCc2ccccc2)nc2c1ncn2CCOC(C)=O. The van der Waals surface area contributed by atoms with E-state index in [1.165, 1.54) is 12.5 Å². The van der Waals surface area contributed by atoms with E-state index in [1.807, 2.05) is 29.8 Å². The molecular weight excluding hydrogens is 338 g/mol. The van der Waals surface area contributed by atoms with Crippen molar-refractivity contribution in [1.82, 2.24) is 19.5 Å². The van der Waals surface area contributed by atoms with Crippen LogP contribution >= 0.6 is 11.8 Å². The van der Waals surface area contributed by atoms with E-state index in [2.05, 4.69) is 32.4 Å². The Labute approximate surface area is 149 Å². The number of hydrogen-bond acceptors (Lipinski definition) is 7. The van der Waals surface area contributed by atoms with Crippen molar-refractivity contribution in [3.63, 3.8) is 0 Å². The first-order valence-corrected chi connectivity index (χ1v) is 8.86. The Kier molecular flexibility index (Phi) is 5.49. The van der Waals surface area contributed by atoms with E-state index < -0.39 is 0 Å². The summed E-state index contributed by atoms with van der Waals surface area (Å²) in [7, 11) is 1.81. The molecule has 0 saturated heterocycles. The van der Waals surface area contributed by atoms with Crippen molar-refractivity contribution in [3.8, 4) is 0 Å². The van der Waals surface area contributed by atoms with Crippen molar-refractivity contribution in [2.75, 3.05) is 19.0 Å². The largest absolute Gasteiger partial charge is 0.464 e. The van der Waals surface area contributed by atoms with Crippen molar-refractivity contribution in [2.45, 2.75) is 24.4 Å². The second-order valence-corrected chi connectivity index (χ2v) is 6.27. The highest BCUT2D eigenvalue weighted by Crippen LogP contribution is 2.25. The maximum absolute atomic E-state index is 10.9. The lowest BCUT2D eigenvalue weighted by Gasteiger charge is -2.07. The Morgan fingerprint density at radius 2 is 2.08 bits per heavy atom. The number of rotatable bonds is 7. The van der Waals surface area contributed by atoms with Crippen LogP contribution in [0.4, 0.5) is 5.82 Å². The topological polar surface area (TPSA) is 81.9 Å². The lowest BCUT2D eigenvalue weighted by molar-refractivity contribution is -0.141. The maximum atomic E-state index is 10.9. The van der Waals surface area contributed by atoms with Gasteiger partial charge in [-0.2, -0.15) is 0 Å². The lowest BCUT2D eigenvalue weighted by Crippen LogP contribution is -2.09. The summed E-state index contributed by atoms with van der Waals surface area (Å²) in [5.74, 6) is 1.18. The number of aromatic nitrogens is 4. The molecule has 0 atom stereocenters. The Bertz CT molecular complexity index is 866. The van der Waals surface area contributed by atoms with E-state index in [1.54, 1.807) is 18.1 Å². The van der Waals surface area contributed by atoms with Gasteiger partial charge in [0.15, 0.2) is 16.6 Å². The normalized spacial score (nSPS) is 10.8. The molecule has 0 amide bonds. The fourth-order valence-corrected chi connectivity index (χ4v) is 3.13. The molecule has 3 aromatic rings. The van der Waals surface area contributed by atoms with Crippen LogP contribution in [0.25, 0.3) is 11.2 Å². The minimum absolute atomic E-state index is 0.284. The van der Waals surface area contributed by atoms with Crippen LogP contribution < -0.4 is 5.32 Å². The molecule has 1 aromatic carbocycles. The summed E-state index contributed by atoms with van der Waals surface area (Å²) in [6.45, 7) is 2.18. The third kappa shape index (κ3) is 4.27. The van der Waals surface area contributed by atoms with Crippen molar-refractivity contribution in [3.05, 3.63) is 42.2 Å². The molecule has 0 radical (unpaired) electrons. The van der Waals surface area contributed by atoms with Gasteiger partial charge in [-0.1, -0.05) is 42.1 Å². The van der Waals surface area contributed by atoms with Crippen LogP contribution in [0.5, 0.6) is 0 Å². The van der Waals surface area contributed by atoms with E-state index in [9.17, 15) is 4.79 Å². The predicted octanol–water partition coefficient (Wildman–Crippen LogP) is 2.72. The first kappa shape index (κ1) is 17.2. The van der Waals surface area contributed by atoms with E-state index in [0.717, 1.165) is 11.4 Å². The summed E-state index contributed by atoms with van der Waals surface area (Å²) >= 11 is 1.57. The van der Waals surface area contributed by atoms with Gasteiger partial charge in [-0.3, -0.25) is 4.79 Å². The first-order valence-electron chi connectivity index (χ1n) is 7.88. The molecule has 0 saturated carbocycles. The highest BCUT2D eigenvalue weighted by molar-refractivity contribution is 7.98. The molecule has 130 valence electrons. The van der Waals surface area contributed by atoms with Gasteiger partial charge in [-0.05, 0) is 5.56 Å². The molecule has 25 heavy (non-hydrogen) atoms. The summed E-state index contributed by atoms with van der Waals surface area (Å²) in [5, 5.41) is 3.75. The van der Waals surface area contributed by atoms with Crippen LogP contribution in [0.3, 0.4) is 0 Å². The molecule has 2 aromatic heterocycles. The highest BCUT2D eigenvalue weighted by Gasteiger charge is 2.13. The van der Waals surface area contributed by atoms with Crippen LogP contribution in [0.1, 0.15) is 12.5 Å². The number of carbonyl (C=O) groups is 1. The van der Waals surface area contributed by atoms with E-state index in [4.69, 9.17) is 4.74 Å². The van der Waals surface area contributed by atoms with Gasteiger partial charge < -0.3 is 14.6 Å². The maximum Gasteiger partial charge on any atom is 0.302 e. The van der Waals surface area contributed by atoms with Gasteiger partial charge in [-0.25, -0.2) is 15.0 Å². The Balaban J connectivity index is 1.82. The van der Waals surface area contributed by atoms with Gasteiger partial charge in [0.2, 0.25) is 0 Å². The second-order valence-electron chi connectivity index (χ2n) is 5.33. The van der Waals surface area contributed by atoms with E-state index >= 15 is 0 Å². The molecule has 1 N–H and O–H groups in total. The average molecular weight is 357 g/mol. The van der Waals surface area contributed by atoms with Gasteiger partial charge >= 0.3 is 5.97 Å². The van der Waals surface area contributed by atoms with Crippen LogP contribution in [0, 0.1) is 0 Å². The zero-order valence-corrected chi connectivity index (χ0v) is 14.9. The molecule has 0 aliphatic heterocycles. The van der Waals surface area contributed by atoms with Crippen molar-refractivity contribution < 1.29 is 9.53 Å². The number of fused-ring (bicyclic) bond motifs is 1. The van der Waals surface area contributed by atoms with Crippen molar-refractivity contribution in [2.24, 2.45) is 0 Å². The third-order valence-corrected chi connectivity index (χ3v) is 4.45. The van der Waals surface area contributed by atoms with Crippen LogP contribution in [0.15, 0.2) is 41.8 Å². The van der Waals surface area contributed by atoms with Crippen LogP contribution in [0.2, 0.25) is 0 Å². The fraction of sp³-hybridized carbons (Fsp3) is 0.294. The number of thioether (sulfide) groups is 1. The number of nitrogens with zero attached hydrogens (tertiary/aromatic N) is 4. The van der Waals surface area contributed by atoms with Crippen molar-refractivity contribution in [1.29, 1.82) is 0 Å². The standard InChI is InChI=1S/C17H19N5O2S/c1-12(23)24-9-8-22-11-19-14-15(18-2)20-17(21-16(14)22)25-10-13-6-4-3-5-7-13/h3-7,11H,8-10H2,1-2H3,(H,18,20,21). The minimum Gasteiger partial charge on any atom is -0.464 e. The number of carbonyl (C=O) groups excluding carboxylic acids is 1. The number of nitrogens with one attached hydrogen (secondary N) is 1. The molecule has 0 fully saturated rings. The van der Waals surface area contributed by atoms with Gasteiger partial charge in [0, 0.05) is 19.7 Å². The summed E-state index contributed by atoms with van der Waals surface area (Å²) in [4.78, 5) is 24.5. The predicted molar refractivity (Wildman–Crippen MR) is 97.5 cm³/mol. The van der Waals surface area contributed by atoms with Crippen LogP contribution in [-0.4, -0.2) is 39.1 Å². The minimum atomic E-state index is -0.297. The number of hydrogen-bond donors (Lipinski definition) is 1. The molecule has 0 aliphatic carbocycles. The molecule has 7 nitrogen and oxygen atoms in total. The second kappa shape index (κ2) is 7.98. The average Bonchev–Trinajstić information content (AvgIpc) is 3.03. The quantitative estimate of drug-likeness (QED) is 0.395. The number of ether oxygens (including phenoxy) is 1. The summed E-state index contributed by atoms with van der Waals surface area (Å²) < 4.78 is 6.87. The molecule has 0 spiro atoms. The Hall–Kier alpha value is -2.61. The molecule has 2 heterocycles. The molecular formula is C17H19N5O2S.